The summed E-state index contributed by atoms with van der Waals surface area (Å²) in [5.41, 5.74) is 3.67. The summed E-state index contributed by atoms with van der Waals surface area (Å²) in [4.78, 5) is 8.72. The van der Waals surface area contributed by atoms with Crippen LogP contribution in [0.25, 0.3) is 10.9 Å². The first kappa shape index (κ1) is 12.8. The first-order valence-electron chi connectivity index (χ1n) is 6.68. The lowest BCUT2D eigenvalue weighted by atomic mass is 10.0. The average Bonchev–Trinajstić information content (AvgIpc) is 2.47. The van der Waals surface area contributed by atoms with E-state index in [2.05, 4.69) is 9.97 Å². The maximum atomic E-state index is 10.4. The van der Waals surface area contributed by atoms with Gasteiger partial charge in [0.15, 0.2) is 0 Å². The van der Waals surface area contributed by atoms with E-state index in [1.54, 1.807) is 6.20 Å². The fourth-order valence-electron chi connectivity index (χ4n) is 2.40. The molecule has 0 aliphatic rings. The minimum atomic E-state index is -0.597. The Morgan fingerprint density at radius 2 is 1.90 bits per heavy atom. The third-order valence-corrected chi connectivity index (χ3v) is 3.40. The van der Waals surface area contributed by atoms with Crippen LogP contribution in [0.1, 0.15) is 23.1 Å². The van der Waals surface area contributed by atoms with Crippen LogP contribution in [0, 0.1) is 6.92 Å². The number of para-hydroxylation sites is 1. The van der Waals surface area contributed by atoms with Gasteiger partial charge in [-0.2, -0.15) is 0 Å². The van der Waals surface area contributed by atoms with Crippen LogP contribution in [-0.2, 0) is 6.42 Å². The quantitative estimate of drug-likeness (QED) is 0.790. The van der Waals surface area contributed by atoms with E-state index in [4.69, 9.17) is 0 Å². The first-order valence-corrected chi connectivity index (χ1v) is 6.68. The van der Waals surface area contributed by atoms with Crippen molar-refractivity contribution in [2.45, 2.75) is 19.4 Å². The zero-order chi connectivity index (χ0) is 13.9. The number of nitrogens with zero attached hydrogens (tertiary/aromatic N) is 2. The molecule has 0 aliphatic carbocycles. The number of aliphatic hydroxyl groups is 1. The van der Waals surface area contributed by atoms with Crippen LogP contribution >= 0.6 is 0 Å². The highest BCUT2D eigenvalue weighted by Crippen LogP contribution is 2.22. The van der Waals surface area contributed by atoms with Crippen molar-refractivity contribution in [3.63, 3.8) is 0 Å². The summed E-state index contributed by atoms with van der Waals surface area (Å²) in [6, 6.07) is 15.7. The molecule has 20 heavy (non-hydrogen) atoms. The van der Waals surface area contributed by atoms with Gasteiger partial charge in [0.05, 0.1) is 17.3 Å². The molecule has 1 N–H and O–H groups in total. The van der Waals surface area contributed by atoms with Crippen molar-refractivity contribution in [2.24, 2.45) is 0 Å². The Labute approximate surface area is 117 Å². The summed E-state index contributed by atoms with van der Waals surface area (Å²) >= 11 is 0. The monoisotopic (exact) mass is 264 g/mol. The summed E-state index contributed by atoms with van der Waals surface area (Å²) in [7, 11) is 0. The minimum absolute atomic E-state index is 0.541. The summed E-state index contributed by atoms with van der Waals surface area (Å²) in [5.74, 6) is 0. The Hall–Kier alpha value is -2.26. The average molecular weight is 264 g/mol. The Bertz CT molecular complexity index is 734. The highest BCUT2D eigenvalue weighted by atomic mass is 16.3. The van der Waals surface area contributed by atoms with Gasteiger partial charge in [0, 0.05) is 23.7 Å². The Kier molecular flexibility index (Phi) is 3.44. The van der Waals surface area contributed by atoms with Gasteiger partial charge in [-0.05, 0) is 36.8 Å². The van der Waals surface area contributed by atoms with Gasteiger partial charge in [0.1, 0.15) is 0 Å². The van der Waals surface area contributed by atoms with E-state index in [1.165, 1.54) is 0 Å². The standard InChI is InChI=1S/C17H16N2O/c1-12-5-4-8-16(19-12)17(20)11-13-9-10-18-15-7-3-2-6-14(13)15/h2-10,17,20H,11H2,1H3. The maximum Gasteiger partial charge on any atom is 0.1000 e. The molecule has 0 saturated carbocycles. The first-order chi connectivity index (χ1) is 9.74. The molecule has 0 fully saturated rings. The molecule has 3 rings (SSSR count). The second kappa shape index (κ2) is 5.39. The molecule has 0 radical (unpaired) electrons. The van der Waals surface area contributed by atoms with E-state index < -0.39 is 6.10 Å². The highest BCUT2D eigenvalue weighted by molar-refractivity contribution is 5.81. The molecule has 0 aliphatic heterocycles. The van der Waals surface area contributed by atoms with Gasteiger partial charge in [-0.25, -0.2) is 0 Å². The third kappa shape index (κ3) is 2.53. The predicted molar refractivity (Wildman–Crippen MR) is 79.4 cm³/mol. The number of benzene rings is 1. The lowest BCUT2D eigenvalue weighted by Gasteiger charge is -2.12. The van der Waals surface area contributed by atoms with E-state index in [0.717, 1.165) is 22.2 Å². The molecule has 2 heterocycles. The van der Waals surface area contributed by atoms with Crippen LogP contribution in [0.2, 0.25) is 0 Å². The van der Waals surface area contributed by atoms with Gasteiger partial charge in [0.2, 0.25) is 0 Å². The Morgan fingerprint density at radius 1 is 1.05 bits per heavy atom. The van der Waals surface area contributed by atoms with Gasteiger partial charge >= 0.3 is 0 Å². The number of hydrogen-bond donors (Lipinski definition) is 1. The maximum absolute atomic E-state index is 10.4. The number of hydrogen-bond acceptors (Lipinski definition) is 3. The number of rotatable bonds is 3. The normalized spacial score (nSPS) is 12.5. The summed E-state index contributed by atoms with van der Waals surface area (Å²) < 4.78 is 0. The number of aryl methyl sites for hydroxylation is 1. The largest absolute Gasteiger partial charge is 0.386 e. The van der Waals surface area contributed by atoms with Crippen LogP contribution in [0.4, 0.5) is 0 Å². The lowest BCUT2D eigenvalue weighted by Crippen LogP contribution is -2.05. The molecule has 3 nitrogen and oxygen atoms in total. The topological polar surface area (TPSA) is 46.0 Å². The number of fused-ring (bicyclic) bond motifs is 1. The second-order valence-corrected chi connectivity index (χ2v) is 4.91. The molecule has 1 unspecified atom stereocenters. The van der Waals surface area contributed by atoms with Crippen molar-refractivity contribution in [3.8, 4) is 0 Å². The molecule has 1 atom stereocenters. The van der Waals surface area contributed by atoms with Crippen LogP contribution in [0.15, 0.2) is 54.7 Å². The SMILES string of the molecule is Cc1cccc(C(O)Cc2ccnc3ccccc23)n1. The number of aliphatic hydroxyl groups excluding tert-OH is 1. The Morgan fingerprint density at radius 3 is 2.75 bits per heavy atom. The van der Waals surface area contributed by atoms with E-state index in [-0.39, 0.29) is 0 Å². The minimum Gasteiger partial charge on any atom is -0.386 e. The molecule has 0 amide bonds. The molecule has 100 valence electrons. The summed E-state index contributed by atoms with van der Waals surface area (Å²) in [6.07, 6.45) is 1.73. The zero-order valence-corrected chi connectivity index (χ0v) is 11.3. The lowest BCUT2D eigenvalue weighted by molar-refractivity contribution is 0.174. The molecule has 0 bridgehead atoms. The molecule has 1 aromatic carbocycles. The molecule has 3 heteroatoms. The van der Waals surface area contributed by atoms with Gasteiger partial charge in [-0.15, -0.1) is 0 Å². The van der Waals surface area contributed by atoms with Gasteiger partial charge in [-0.1, -0.05) is 24.3 Å². The van der Waals surface area contributed by atoms with Crippen molar-refractivity contribution in [2.75, 3.05) is 0 Å². The van der Waals surface area contributed by atoms with E-state index >= 15 is 0 Å². The van der Waals surface area contributed by atoms with Crippen LogP contribution < -0.4 is 0 Å². The van der Waals surface area contributed by atoms with Gasteiger partial charge in [0.25, 0.3) is 0 Å². The zero-order valence-electron chi connectivity index (χ0n) is 11.3. The fourth-order valence-corrected chi connectivity index (χ4v) is 2.40. The van der Waals surface area contributed by atoms with Crippen molar-refractivity contribution >= 4 is 10.9 Å². The van der Waals surface area contributed by atoms with Crippen molar-refractivity contribution in [1.82, 2.24) is 9.97 Å². The molecular weight excluding hydrogens is 248 g/mol. The van der Waals surface area contributed by atoms with E-state index in [0.29, 0.717) is 12.1 Å². The fraction of sp³-hybridized carbons (Fsp3) is 0.176. The van der Waals surface area contributed by atoms with Crippen LogP contribution in [-0.4, -0.2) is 15.1 Å². The van der Waals surface area contributed by atoms with Gasteiger partial charge in [-0.3, -0.25) is 9.97 Å². The molecule has 3 aromatic rings. The highest BCUT2D eigenvalue weighted by Gasteiger charge is 2.12. The van der Waals surface area contributed by atoms with Gasteiger partial charge < -0.3 is 5.11 Å². The number of pyridine rings is 2. The molecule has 2 aromatic heterocycles. The van der Waals surface area contributed by atoms with Crippen molar-refractivity contribution in [1.29, 1.82) is 0 Å². The van der Waals surface area contributed by atoms with Crippen LogP contribution in [0.3, 0.4) is 0 Å². The predicted octanol–water partition coefficient (Wildman–Crippen LogP) is 3.21. The van der Waals surface area contributed by atoms with Crippen LogP contribution in [0.5, 0.6) is 0 Å². The van der Waals surface area contributed by atoms with Crippen molar-refractivity contribution < 1.29 is 5.11 Å². The Balaban J connectivity index is 1.93. The number of aromatic nitrogens is 2. The third-order valence-electron chi connectivity index (χ3n) is 3.40. The summed E-state index contributed by atoms with van der Waals surface area (Å²) in [5, 5.41) is 11.5. The molecule has 0 spiro atoms. The summed E-state index contributed by atoms with van der Waals surface area (Å²) in [6.45, 7) is 1.93. The molecule has 0 saturated heterocycles. The van der Waals surface area contributed by atoms with Crippen molar-refractivity contribution in [3.05, 3.63) is 71.7 Å². The smallest absolute Gasteiger partial charge is 0.1000 e. The van der Waals surface area contributed by atoms with E-state index in [1.807, 2.05) is 55.5 Å². The molecular formula is C17H16N2O. The van der Waals surface area contributed by atoms with E-state index in [9.17, 15) is 5.11 Å². The second-order valence-electron chi connectivity index (χ2n) is 4.91.